The van der Waals surface area contributed by atoms with E-state index < -0.39 is 5.54 Å². The second-order valence-electron chi connectivity index (χ2n) is 4.70. The first-order valence-corrected chi connectivity index (χ1v) is 8.09. The molecule has 1 aromatic heterocycles. The summed E-state index contributed by atoms with van der Waals surface area (Å²) in [6.07, 6.45) is 5.92. The molecule has 18 heavy (non-hydrogen) atoms. The number of halogens is 1. The molecule has 1 heterocycles. The number of nitrogens with one attached hydrogen (secondary N) is 1. The molecule has 5 heteroatoms. The maximum Gasteiger partial charge on any atom is 0.253 e. The smallest absolute Gasteiger partial charge is 0.253 e. The van der Waals surface area contributed by atoms with E-state index in [0.717, 1.165) is 41.4 Å². The molecule has 96 valence electrons. The Morgan fingerprint density at radius 2 is 2.06 bits per heavy atom. The highest BCUT2D eigenvalue weighted by Crippen LogP contribution is 2.27. The summed E-state index contributed by atoms with van der Waals surface area (Å²) >= 11 is 3.75. The van der Waals surface area contributed by atoms with Crippen LogP contribution in [0.3, 0.4) is 0 Å². The third-order valence-electron chi connectivity index (χ3n) is 3.35. The molecule has 0 saturated heterocycles. The fraction of sp³-hybridized carbons (Fsp3) is 0.538. The molecule has 3 nitrogen and oxygen atoms in total. The van der Waals surface area contributed by atoms with Crippen molar-refractivity contribution in [2.45, 2.75) is 44.1 Å². The lowest BCUT2D eigenvalue weighted by Crippen LogP contribution is -2.46. The number of thiophene rings is 1. The second kappa shape index (κ2) is 6.02. The summed E-state index contributed by atoms with van der Waals surface area (Å²) in [7, 11) is 0. The van der Waals surface area contributed by atoms with Crippen LogP contribution in [-0.4, -0.2) is 11.4 Å². The molecule has 1 aromatic rings. The lowest BCUT2D eigenvalue weighted by atomic mass is 9.91. The quantitative estimate of drug-likeness (QED) is 0.634. The van der Waals surface area contributed by atoms with Gasteiger partial charge in [0, 0.05) is 5.38 Å². The van der Waals surface area contributed by atoms with Gasteiger partial charge in [0.05, 0.1) is 14.5 Å². The molecule has 0 aromatic carbocycles. The highest BCUT2D eigenvalue weighted by Gasteiger charge is 2.32. The van der Waals surface area contributed by atoms with Crippen LogP contribution in [0.25, 0.3) is 0 Å². The van der Waals surface area contributed by atoms with Crippen molar-refractivity contribution in [1.29, 1.82) is 5.26 Å². The Kier molecular flexibility index (Phi) is 4.62. The predicted octanol–water partition coefficient (Wildman–Crippen LogP) is 3.70. The van der Waals surface area contributed by atoms with Gasteiger partial charge in [-0.15, -0.1) is 11.3 Å². The summed E-state index contributed by atoms with van der Waals surface area (Å²) in [4.78, 5) is 12.1. The number of amides is 1. The SMILES string of the molecule is N#CC1(NC(=O)c2csc(I)c2)CCCCCC1. The van der Waals surface area contributed by atoms with Crippen molar-refractivity contribution in [3.8, 4) is 6.07 Å². The number of nitrogens with zero attached hydrogens (tertiary/aromatic N) is 1. The average molecular weight is 374 g/mol. The minimum absolute atomic E-state index is 0.113. The lowest BCUT2D eigenvalue weighted by Gasteiger charge is -2.26. The van der Waals surface area contributed by atoms with Gasteiger partial charge in [0.2, 0.25) is 0 Å². The van der Waals surface area contributed by atoms with Crippen molar-refractivity contribution in [1.82, 2.24) is 5.32 Å². The van der Waals surface area contributed by atoms with Gasteiger partial charge in [-0.3, -0.25) is 4.79 Å². The van der Waals surface area contributed by atoms with Gasteiger partial charge in [0.1, 0.15) is 5.54 Å². The molecule has 0 atom stereocenters. The van der Waals surface area contributed by atoms with E-state index in [0.29, 0.717) is 5.56 Å². The molecule has 2 rings (SSSR count). The van der Waals surface area contributed by atoms with E-state index in [-0.39, 0.29) is 5.91 Å². The Morgan fingerprint density at radius 3 is 2.56 bits per heavy atom. The molecule has 0 aliphatic heterocycles. The van der Waals surface area contributed by atoms with Crippen LogP contribution in [0.5, 0.6) is 0 Å². The zero-order chi connectivity index (χ0) is 13.0. The molecular weight excluding hydrogens is 359 g/mol. The molecular formula is C13H15IN2OS. The maximum absolute atomic E-state index is 12.1. The predicted molar refractivity (Wildman–Crippen MR) is 80.5 cm³/mol. The van der Waals surface area contributed by atoms with Crippen molar-refractivity contribution in [2.75, 3.05) is 0 Å². The second-order valence-corrected chi connectivity index (χ2v) is 7.51. The molecule has 1 aliphatic carbocycles. The normalized spacial score (nSPS) is 18.7. The fourth-order valence-corrected chi connectivity index (χ4v) is 3.64. The third kappa shape index (κ3) is 3.23. The summed E-state index contributed by atoms with van der Waals surface area (Å²) in [5.74, 6) is -0.113. The molecule has 1 aliphatic rings. The van der Waals surface area contributed by atoms with Crippen molar-refractivity contribution in [3.63, 3.8) is 0 Å². The van der Waals surface area contributed by atoms with Gasteiger partial charge in [-0.1, -0.05) is 25.7 Å². The van der Waals surface area contributed by atoms with Crippen molar-refractivity contribution in [3.05, 3.63) is 19.9 Å². The van der Waals surface area contributed by atoms with E-state index in [2.05, 4.69) is 34.0 Å². The summed E-state index contributed by atoms with van der Waals surface area (Å²) < 4.78 is 1.09. The summed E-state index contributed by atoms with van der Waals surface area (Å²) in [6, 6.07) is 4.20. The fourth-order valence-electron chi connectivity index (χ4n) is 2.32. The van der Waals surface area contributed by atoms with E-state index in [1.54, 1.807) is 11.3 Å². The van der Waals surface area contributed by atoms with Crippen LogP contribution >= 0.6 is 33.9 Å². The Labute approximate surface area is 125 Å². The average Bonchev–Trinajstić information content (AvgIpc) is 2.66. The number of hydrogen-bond acceptors (Lipinski definition) is 3. The van der Waals surface area contributed by atoms with Crippen LogP contribution in [0.1, 0.15) is 48.9 Å². The minimum Gasteiger partial charge on any atom is -0.334 e. The van der Waals surface area contributed by atoms with Crippen LogP contribution in [0, 0.1) is 14.2 Å². The number of carbonyl (C=O) groups is 1. The first-order valence-electron chi connectivity index (χ1n) is 6.13. The van der Waals surface area contributed by atoms with E-state index in [1.165, 1.54) is 0 Å². The Hall–Kier alpha value is -0.610. The lowest BCUT2D eigenvalue weighted by molar-refractivity contribution is 0.0913. The van der Waals surface area contributed by atoms with E-state index in [9.17, 15) is 10.1 Å². The van der Waals surface area contributed by atoms with Crippen molar-refractivity contribution < 1.29 is 4.79 Å². The van der Waals surface area contributed by atoms with Crippen LogP contribution in [0.4, 0.5) is 0 Å². The minimum atomic E-state index is -0.652. The van der Waals surface area contributed by atoms with E-state index in [1.807, 2.05) is 11.4 Å². The van der Waals surface area contributed by atoms with Gasteiger partial charge >= 0.3 is 0 Å². The van der Waals surface area contributed by atoms with E-state index in [4.69, 9.17) is 0 Å². The van der Waals surface area contributed by atoms with Gasteiger partial charge < -0.3 is 5.32 Å². The summed E-state index contributed by atoms with van der Waals surface area (Å²) in [5, 5.41) is 14.2. The molecule has 0 unspecified atom stereocenters. The van der Waals surface area contributed by atoms with Gasteiger partial charge in [0.25, 0.3) is 5.91 Å². The first kappa shape index (κ1) is 13.8. The molecule has 1 amide bonds. The molecule has 1 N–H and O–H groups in total. The van der Waals surface area contributed by atoms with Gasteiger partial charge in [-0.25, -0.2) is 0 Å². The number of rotatable bonds is 2. The zero-order valence-electron chi connectivity index (χ0n) is 10.0. The van der Waals surface area contributed by atoms with Crippen LogP contribution < -0.4 is 5.32 Å². The van der Waals surface area contributed by atoms with Gasteiger partial charge in [-0.2, -0.15) is 5.26 Å². The Bertz CT molecular complexity index is 470. The number of carbonyl (C=O) groups excluding carboxylic acids is 1. The Morgan fingerprint density at radius 1 is 1.39 bits per heavy atom. The molecule has 0 bridgehead atoms. The van der Waals surface area contributed by atoms with Crippen molar-refractivity contribution in [2.24, 2.45) is 0 Å². The monoisotopic (exact) mass is 374 g/mol. The standard InChI is InChI=1S/C13H15IN2OS/c14-11-7-10(8-18-11)12(17)16-13(9-15)5-3-1-2-4-6-13/h7-8H,1-6H2,(H,16,17). The third-order valence-corrected chi connectivity index (χ3v) is 5.14. The molecule has 1 fully saturated rings. The highest BCUT2D eigenvalue weighted by molar-refractivity contribution is 14.1. The molecule has 1 saturated carbocycles. The largest absolute Gasteiger partial charge is 0.334 e. The summed E-state index contributed by atoms with van der Waals surface area (Å²) in [6.45, 7) is 0. The zero-order valence-corrected chi connectivity index (χ0v) is 13.0. The highest BCUT2D eigenvalue weighted by atomic mass is 127. The van der Waals surface area contributed by atoms with Crippen LogP contribution in [0.15, 0.2) is 11.4 Å². The molecule has 0 spiro atoms. The number of hydrogen-bond donors (Lipinski definition) is 1. The van der Waals surface area contributed by atoms with Crippen LogP contribution in [0.2, 0.25) is 0 Å². The van der Waals surface area contributed by atoms with E-state index >= 15 is 0 Å². The first-order chi connectivity index (χ1) is 8.65. The van der Waals surface area contributed by atoms with Gasteiger partial charge in [-0.05, 0) is 41.5 Å². The summed E-state index contributed by atoms with van der Waals surface area (Å²) in [5.41, 5.74) is 0.0179. The van der Waals surface area contributed by atoms with Crippen molar-refractivity contribution >= 4 is 39.8 Å². The van der Waals surface area contributed by atoms with Gasteiger partial charge in [0.15, 0.2) is 0 Å². The topological polar surface area (TPSA) is 52.9 Å². The van der Waals surface area contributed by atoms with Crippen LogP contribution in [-0.2, 0) is 0 Å². The molecule has 0 radical (unpaired) electrons. The Balaban J connectivity index is 2.10. The maximum atomic E-state index is 12.1. The number of nitriles is 1.